The maximum absolute atomic E-state index is 12.6. The van der Waals surface area contributed by atoms with Gasteiger partial charge in [0, 0.05) is 35.2 Å². The van der Waals surface area contributed by atoms with E-state index in [-0.39, 0.29) is 6.03 Å². The van der Waals surface area contributed by atoms with Gasteiger partial charge in [-0.05, 0) is 62.9 Å². The molecule has 0 aliphatic carbocycles. The number of benzene rings is 1. The molecule has 0 radical (unpaired) electrons. The van der Waals surface area contributed by atoms with Gasteiger partial charge in [-0.15, -0.1) is 0 Å². The molecule has 0 bridgehead atoms. The van der Waals surface area contributed by atoms with E-state index in [4.69, 9.17) is 11.6 Å². The van der Waals surface area contributed by atoms with E-state index in [2.05, 4.69) is 37.4 Å². The molecule has 1 saturated heterocycles. The third kappa shape index (κ3) is 5.66. The first-order valence-electron chi connectivity index (χ1n) is 9.38. The zero-order valence-corrected chi connectivity index (χ0v) is 17.1. The van der Waals surface area contributed by atoms with Gasteiger partial charge in [-0.1, -0.05) is 18.5 Å². The van der Waals surface area contributed by atoms with Crippen molar-refractivity contribution in [1.82, 2.24) is 20.2 Å². The lowest BCUT2D eigenvalue weighted by molar-refractivity contribution is 0.247. The molecule has 28 heavy (non-hydrogen) atoms. The molecule has 0 saturated carbocycles. The second kappa shape index (κ2) is 9.01. The zero-order valence-electron chi connectivity index (χ0n) is 16.4. The first kappa shape index (κ1) is 20.1. The van der Waals surface area contributed by atoms with Gasteiger partial charge >= 0.3 is 6.03 Å². The van der Waals surface area contributed by atoms with Crippen LogP contribution in [0, 0.1) is 19.8 Å². The number of hydrogen-bond acceptors (Lipinski definition) is 4. The summed E-state index contributed by atoms with van der Waals surface area (Å²) in [5.74, 6) is 1.33. The fraction of sp³-hybridized carbons (Fsp3) is 0.400. The topological polar surface area (TPSA) is 82.5 Å². The molecule has 1 aromatic carbocycles. The number of rotatable bonds is 2. The molecule has 1 aliphatic rings. The number of nitrogens with one attached hydrogen (secondary N) is 2. The first-order chi connectivity index (χ1) is 13.4. The number of hydrogen-bond donors (Lipinski definition) is 2. The van der Waals surface area contributed by atoms with Crippen molar-refractivity contribution in [1.29, 1.82) is 0 Å². The van der Waals surface area contributed by atoms with E-state index in [0.29, 0.717) is 28.5 Å². The molecule has 0 spiro atoms. The fourth-order valence-corrected chi connectivity index (χ4v) is 3.33. The van der Waals surface area contributed by atoms with E-state index < -0.39 is 0 Å². The Bertz CT molecular complexity index is 847. The van der Waals surface area contributed by atoms with Gasteiger partial charge in [0.05, 0.1) is 0 Å². The average Bonchev–Trinajstić information content (AvgIpc) is 2.62. The van der Waals surface area contributed by atoms with Crippen molar-refractivity contribution in [3.63, 3.8) is 0 Å². The predicted molar refractivity (Wildman–Crippen MR) is 112 cm³/mol. The number of piperidine rings is 1. The van der Waals surface area contributed by atoms with Crippen LogP contribution in [0.2, 0.25) is 5.02 Å². The molecule has 148 valence electrons. The summed E-state index contributed by atoms with van der Waals surface area (Å²) in [6.45, 7) is 7.65. The minimum atomic E-state index is -0.372. The van der Waals surface area contributed by atoms with Crippen LogP contribution in [0.5, 0.6) is 0 Å². The second-order valence-corrected chi connectivity index (χ2v) is 7.60. The summed E-state index contributed by atoms with van der Waals surface area (Å²) in [7, 11) is 0. The van der Waals surface area contributed by atoms with Crippen LogP contribution in [0.3, 0.4) is 0 Å². The third-order valence-corrected chi connectivity index (χ3v) is 4.71. The summed E-state index contributed by atoms with van der Waals surface area (Å²) in [6, 6.07) is 8.46. The molecular formula is C20H25ClN6O. The molecule has 2 amide bonds. The van der Waals surface area contributed by atoms with Gasteiger partial charge < -0.3 is 10.2 Å². The van der Waals surface area contributed by atoms with Gasteiger partial charge in [0.25, 0.3) is 5.95 Å². The Balaban J connectivity index is 1.81. The van der Waals surface area contributed by atoms with Crippen molar-refractivity contribution in [2.45, 2.75) is 33.6 Å². The second-order valence-electron chi connectivity index (χ2n) is 7.17. The van der Waals surface area contributed by atoms with Crippen LogP contribution in [0.4, 0.5) is 16.4 Å². The Labute approximate surface area is 170 Å². The number of aromatic nitrogens is 2. The summed E-state index contributed by atoms with van der Waals surface area (Å²) in [6.07, 6.45) is 2.22. The number of urea groups is 1. The lowest BCUT2D eigenvalue weighted by atomic mass is 10.0. The minimum absolute atomic E-state index is 0.345. The van der Waals surface area contributed by atoms with E-state index in [1.807, 2.05) is 19.9 Å². The summed E-state index contributed by atoms with van der Waals surface area (Å²) in [5.41, 5.74) is 2.32. The molecule has 3 rings (SSSR count). The Kier molecular flexibility index (Phi) is 6.46. The predicted octanol–water partition coefficient (Wildman–Crippen LogP) is 4.29. The van der Waals surface area contributed by atoms with Crippen LogP contribution in [0.15, 0.2) is 35.3 Å². The van der Waals surface area contributed by atoms with Crippen LogP contribution in [-0.4, -0.2) is 39.9 Å². The molecule has 1 aromatic heterocycles. The highest BCUT2D eigenvalue weighted by atomic mass is 35.5. The van der Waals surface area contributed by atoms with Crippen LogP contribution < -0.4 is 10.6 Å². The van der Waals surface area contributed by atoms with Gasteiger partial charge in [0.1, 0.15) is 0 Å². The standard InChI is InChI=1S/C20H25ClN6O/c1-13-5-4-10-27(12-13)19(25-18-22-14(2)11-15(3)23-18)26-20(28)24-17-8-6-16(21)7-9-17/h6-9,11,13H,4-5,10,12H2,1-3H3,(H2,22,23,24,25,26,28). The van der Waals surface area contributed by atoms with Gasteiger partial charge in [0.15, 0.2) is 0 Å². The smallest absolute Gasteiger partial charge is 0.326 e. The maximum atomic E-state index is 12.6. The number of halogens is 1. The van der Waals surface area contributed by atoms with E-state index in [0.717, 1.165) is 30.9 Å². The number of guanidine groups is 1. The minimum Gasteiger partial charge on any atom is -0.342 e. The van der Waals surface area contributed by atoms with Crippen molar-refractivity contribution >= 4 is 35.2 Å². The monoisotopic (exact) mass is 400 g/mol. The fourth-order valence-electron chi connectivity index (χ4n) is 3.21. The molecule has 2 aromatic rings. The van der Waals surface area contributed by atoms with Crippen molar-refractivity contribution in [3.05, 3.63) is 46.7 Å². The van der Waals surface area contributed by atoms with Crippen molar-refractivity contribution in [2.24, 2.45) is 10.9 Å². The number of carbonyl (C=O) groups excluding carboxylic acids is 1. The summed E-state index contributed by atoms with van der Waals surface area (Å²) in [4.78, 5) is 27.9. The van der Waals surface area contributed by atoms with E-state index in [9.17, 15) is 4.79 Å². The van der Waals surface area contributed by atoms with Crippen molar-refractivity contribution in [2.75, 3.05) is 18.4 Å². The Morgan fingerprint density at radius 3 is 2.54 bits per heavy atom. The first-order valence-corrected chi connectivity index (χ1v) is 9.76. The molecule has 1 fully saturated rings. The van der Waals surface area contributed by atoms with E-state index in [1.165, 1.54) is 6.42 Å². The van der Waals surface area contributed by atoms with Gasteiger partial charge in [-0.2, -0.15) is 4.99 Å². The van der Waals surface area contributed by atoms with Crippen LogP contribution >= 0.6 is 11.6 Å². The van der Waals surface area contributed by atoms with Crippen molar-refractivity contribution in [3.8, 4) is 0 Å². The Hall–Kier alpha value is -2.67. The van der Waals surface area contributed by atoms with Gasteiger partial charge in [-0.25, -0.2) is 14.8 Å². The molecule has 2 N–H and O–H groups in total. The van der Waals surface area contributed by atoms with E-state index in [1.54, 1.807) is 24.3 Å². The molecular weight excluding hydrogens is 376 g/mol. The molecule has 7 nitrogen and oxygen atoms in total. The molecule has 1 aliphatic heterocycles. The highest BCUT2D eigenvalue weighted by Crippen LogP contribution is 2.17. The Morgan fingerprint density at radius 2 is 1.89 bits per heavy atom. The number of nitrogens with zero attached hydrogens (tertiary/aromatic N) is 4. The summed E-state index contributed by atoms with van der Waals surface area (Å²) >= 11 is 5.90. The number of aliphatic imine (C=N–C) groups is 1. The quantitative estimate of drug-likeness (QED) is 0.582. The molecule has 1 atom stereocenters. The average molecular weight is 401 g/mol. The molecule has 1 unspecified atom stereocenters. The van der Waals surface area contributed by atoms with Crippen molar-refractivity contribution < 1.29 is 4.79 Å². The number of anilines is 1. The maximum Gasteiger partial charge on any atom is 0.326 e. The van der Waals surface area contributed by atoms with Gasteiger partial charge in [-0.3, -0.25) is 5.32 Å². The summed E-state index contributed by atoms with van der Waals surface area (Å²) in [5, 5.41) is 6.29. The van der Waals surface area contributed by atoms with Crippen LogP contribution in [0.25, 0.3) is 0 Å². The highest BCUT2D eigenvalue weighted by Gasteiger charge is 2.22. The molecule has 2 heterocycles. The SMILES string of the molecule is Cc1cc(C)nc(/N=C(\NC(=O)Nc2ccc(Cl)cc2)N2CCCC(C)C2)n1. The number of likely N-dealkylation sites (tertiary alicyclic amines) is 1. The normalized spacial score (nSPS) is 17.4. The molecule has 8 heteroatoms. The highest BCUT2D eigenvalue weighted by molar-refractivity contribution is 6.30. The lowest BCUT2D eigenvalue weighted by Crippen LogP contribution is -2.49. The van der Waals surface area contributed by atoms with Crippen LogP contribution in [-0.2, 0) is 0 Å². The number of aryl methyl sites for hydroxylation is 2. The number of amides is 2. The summed E-state index contributed by atoms with van der Waals surface area (Å²) < 4.78 is 0. The van der Waals surface area contributed by atoms with Gasteiger partial charge in [0.2, 0.25) is 5.96 Å². The number of carbonyl (C=O) groups is 1. The van der Waals surface area contributed by atoms with E-state index >= 15 is 0 Å². The lowest BCUT2D eigenvalue weighted by Gasteiger charge is -2.33. The zero-order chi connectivity index (χ0) is 20.1. The van der Waals surface area contributed by atoms with Crippen LogP contribution in [0.1, 0.15) is 31.2 Å². The third-order valence-electron chi connectivity index (χ3n) is 4.46. The largest absolute Gasteiger partial charge is 0.342 e. The Morgan fingerprint density at radius 1 is 1.21 bits per heavy atom.